The van der Waals surface area contributed by atoms with E-state index >= 15 is 0 Å². The van der Waals surface area contributed by atoms with Crippen LogP contribution in [0.1, 0.15) is 10.4 Å². The number of benzene rings is 1. The molecule has 0 aliphatic heterocycles. The van der Waals surface area contributed by atoms with Crippen molar-refractivity contribution in [3.05, 3.63) is 45.9 Å². The number of hydrogen-bond acceptors (Lipinski definition) is 3. The molecular weight excluding hydrogens is 223 g/mol. The van der Waals surface area contributed by atoms with Crippen molar-refractivity contribution in [2.24, 2.45) is 5.73 Å². The minimum Gasteiger partial charge on any atom is -0.326 e. The van der Waals surface area contributed by atoms with Crippen molar-refractivity contribution >= 4 is 11.3 Å². The first kappa shape index (κ1) is 10.8. The summed E-state index contributed by atoms with van der Waals surface area (Å²) in [7, 11) is 0. The van der Waals surface area contributed by atoms with E-state index in [0.717, 1.165) is 10.4 Å². The van der Waals surface area contributed by atoms with Gasteiger partial charge in [0, 0.05) is 11.4 Å². The summed E-state index contributed by atoms with van der Waals surface area (Å²) in [5, 5.41) is 10.7. The Morgan fingerprint density at radius 1 is 1.25 bits per heavy atom. The number of thiophene rings is 1. The molecule has 0 saturated heterocycles. The summed E-state index contributed by atoms with van der Waals surface area (Å²) in [6.45, 7) is 0.477. The first-order chi connectivity index (χ1) is 7.72. The molecule has 1 heterocycles. The van der Waals surface area contributed by atoms with Gasteiger partial charge in [-0.15, -0.1) is 11.3 Å². The number of rotatable bonds is 2. The highest BCUT2D eigenvalue weighted by Gasteiger charge is 2.05. The molecule has 0 spiro atoms. The first-order valence-electron chi connectivity index (χ1n) is 4.71. The molecule has 0 aliphatic rings. The molecule has 80 valence electrons. The van der Waals surface area contributed by atoms with Gasteiger partial charge in [-0.1, -0.05) is 0 Å². The number of hydrogen-bond donors (Lipinski definition) is 1. The molecular formula is C12H9FN2S. The largest absolute Gasteiger partial charge is 0.326 e. The van der Waals surface area contributed by atoms with Crippen molar-refractivity contribution in [3.63, 3.8) is 0 Å². The molecule has 0 aliphatic carbocycles. The van der Waals surface area contributed by atoms with Crippen molar-refractivity contribution in [1.29, 1.82) is 5.26 Å². The lowest BCUT2D eigenvalue weighted by atomic mass is 10.1. The van der Waals surface area contributed by atoms with Gasteiger partial charge >= 0.3 is 0 Å². The average Bonchev–Trinajstić information content (AvgIpc) is 2.76. The molecule has 0 saturated carbocycles. The molecule has 16 heavy (non-hydrogen) atoms. The van der Waals surface area contributed by atoms with Gasteiger partial charge in [0.05, 0.1) is 11.6 Å². The first-order valence-corrected chi connectivity index (χ1v) is 5.59. The molecule has 2 N–H and O–H groups in total. The fraction of sp³-hybridized carbons (Fsp3) is 0.0833. The minimum absolute atomic E-state index is 0.329. The summed E-state index contributed by atoms with van der Waals surface area (Å²) in [6, 6.07) is 8.17. The lowest BCUT2D eigenvalue weighted by Crippen LogP contribution is -1.91. The van der Waals surface area contributed by atoms with Gasteiger partial charge in [0.1, 0.15) is 5.82 Å². The monoisotopic (exact) mass is 232 g/mol. The Kier molecular flexibility index (Phi) is 3.00. The van der Waals surface area contributed by atoms with E-state index < -0.39 is 5.82 Å². The normalized spacial score (nSPS) is 10.1. The third-order valence-corrected chi connectivity index (χ3v) is 3.17. The van der Waals surface area contributed by atoms with E-state index in [1.54, 1.807) is 6.07 Å². The maximum absolute atomic E-state index is 13.2. The van der Waals surface area contributed by atoms with Gasteiger partial charge in [-0.2, -0.15) is 5.26 Å². The van der Waals surface area contributed by atoms with Crippen LogP contribution in [-0.2, 0) is 6.54 Å². The van der Waals surface area contributed by atoms with Crippen molar-refractivity contribution in [2.75, 3.05) is 0 Å². The number of nitrogens with two attached hydrogens (primary N) is 1. The van der Waals surface area contributed by atoms with Gasteiger partial charge in [0.25, 0.3) is 0 Å². The zero-order valence-corrected chi connectivity index (χ0v) is 9.22. The van der Waals surface area contributed by atoms with Crippen molar-refractivity contribution in [1.82, 2.24) is 0 Å². The standard InChI is InChI=1S/C12H9FN2S/c13-11-2-8(5-14)1-9(3-11)10-4-12(6-15)16-7-10/h1-4,7H,6,15H2. The average molecular weight is 232 g/mol. The van der Waals surface area contributed by atoms with E-state index in [2.05, 4.69) is 0 Å². The Bertz CT molecular complexity index is 554. The molecule has 0 bridgehead atoms. The van der Waals surface area contributed by atoms with Crippen LogP contribution in [0.15, 0.2) is 29.6 Å². The van der Waals surface area contributed by atoms with Crippen molar-refractivity contribution in [2.45, 2.75) is 6.54 Å². The maximum Gasteiger partial charge on any atom is 0.125 e. The van der Waals surface area contributed by atoms with Crippen LogP contribution in [0.4, 0.5) is 4.39 Å². The number of halogens is 1. The fourth-order valence-electron chi connectivity index (χ4n) is 1.46. The van der Waals surface area contributed by atoms with Gasteiger partial charge in [-0.3, -0.25) is 0 Å². The number of nitrogens with zero attached hydrogens (tertiary/aromatic N) is 1. The van der Waals surface area contributed by atoms with Crippen LogP contribution in [0.25, 0.3) is 11.1 Å². The number of nitriles is 1. The smallest absolute Gasteiger partial charge is 0.125 e. The molecule has 2 rings (SSSR count). The molecule has 1 aromatic heterocycles. The summed E-state index contributed by atoms with van der Waals surface area (Å²) in [5.41, 5.74) is 7.46. The second-order valence-corrected chi connectivity index (χ2v) is 4.34. The Hall–Kier alpha value is -1.70. The quantitative estimate of drug-likeness (QED) is 0.865. The molecule has 0 fully saturated rings. The zero-order chi connectivity index (χ0) is 11.5. The van der Waals surface area contributed by atoms with Gasteiger partial charge in [0.2, 0.25) is 0 Å². The third kappa shape index (κ3) is 2.11. The van der Waals surface area contributed by atoms with Crippen LogP contribution in [0.2, 0.25) is 0 Å². The molecule has 1 aromatic carbocycles. The van der Waals surface area contributed by atoms with Crippen molar-refractivity contribution in [3.8, 4) is 17.2 Å². The van der Waals surface area contributed by atoms with Gasteiger partial charge in [-0.05, 0) is 40.8 Å². The summed E-state index contributed by atoms with van der Waals surface area (Å²) >= 11 is 1.53. The topological polar surface area (TPSA) is 49.8 Å². The van der Waals surface area contributed by atoms with Gasteiger partial charge < -0.3 is 5.73 Å². The van der Waals surface area contributed by atoms with Crippen molar-refractivity contribution < 1.29 is 4.39 Å². The van der Waals surface area contributed by atoms with E-state index in [-0.39, 0.29) is 0 Å². The maximum atomic E-state index is 13.2. The second-order valence-electron chi connectivity index (χ2n) is 3.35. The minimum atomic E-state index is -0.394. The Morgan fingerprint density at radius 3 is 2.69 bits per heavy atom. The van der Waals surface area contributed by atoms with Crippen LogP contribution in [0, 0.1) is 17.1 Å². The molecule has 0 atom stereocenters. The third-order valence-electron chi connectivity index (χ3n) is 2.22. The second kappa shape index (κ2) is 4.44. The predicted octanol–water partition coefficient (Wildman–Crippen LogP) is 2.88. The van der Waals surface area contributed by atoms with E-state index in [9.17, 15) is 4.39 Å². The predicted molar refractivity (Wildman–Crippen MR) is 62.3 cm³/mol. The van der Waals surface area contributed by atoms with Crippen LogP contribution in [0.5, 0.6) is 0 Å². The molecule has 4 heteroatoms. The van der Waals surface area contributed by atoms with E-state index in [4.69, 9.17) is 11.0 Å². The summed E-state index contributed by atoms with van der Waals surface area (Å²) < 4.78 is 13.2. The van der Waals surface area contributed by atoms with E-state index in [1.807, 2.05) is 17.5 Å². The fourth-order valence-corrected chi connectivity index (χ4v) is 2.23. The molecule has 2 nitrogen and oxygen atoms in total. The lowest BCUT2D eigenvalue weighted by molar-refractivity contribution is 0.628. The molecule has 0 radical (unpaired) electrons. The van der Waals surface area contributed by atoms with E-state index in [0.29, 0.717) is 17.7 Å². The summed E-state index contributed by atoms with van der Waals surface area (Å²) in [6.07, 6.45) is 0. The van der Waals surface area contributed by atoms with Crippen LogP contribution in [-0.4, -0.2) is 0 Å². The molecule has 2 aromatic rings. The van der Waals surface area contributed by atoms with Crippen LogP contribution < -0.4 is 5.73 Å². The molecule has 0 amide bonds. The van der Waals surface area contributed by atoms with Crippen LogP contribution >= 0.6 is 11.3 Å². The summed E-state index contributed by atoms with van der Waals surface area (Å²) in [4.78, 5) is 1.04. The Labute approximate surface area is 96.8 Å². The lowest BCUT2D eigenvalue weighted by Gasteiger charge is -1.99. The summed E-state index contributed by atoms with van der Waals surface area (Å²) in [5.74, 6) is -0.394. The SMILES string of the molecule is N#Cc1cc(F)cc(-c2csc(CN)c2)c1. The Balaban J connectivity index is 2.47. The highest BCUT2D eigenvalue weighted by Crippen LogP contribution is 2.26. The van der Waals surface area contributed by atoms with Gasteiger partial charge in [-0.25, -0.2) is 4.39 Å². The van der Waals surface area contributed by atoms with Crippen LogP contribution in [0.3, 0.4) is 0 Å². The Morgan fingerprint density at radius 2 is 2.06 bits per heavy atom. The molecule has 0 unspecified atom stereocenters. The highest BCUT2D eigenvalue weighted by atomic mass is 32.1. The van der Waals surface area contributed by atoms with Gasteiger partial charge in [0.15, 0.2) is 0 Å². The van der Waals surface area contributed by atoms with E-state index in [1.165, 1.54) is 23.5 Å². The highest BCUT2D eigenvalue weighted by molar-refractivity contribution is 7.10. The zero-order valence-electron chi connectivity index (χ0n) is 8.40.